The third-order valence-electron chi connectivity index (χ3n) is 1.44. The summed E-state index contributed by atoms with van der Waals surface area (Å²) in [5.41, 5.74) is 0. The van der Waals surface area contributed by atoms with Crippen LogP contribution in [0, 0.1) is 5.92 Å². The Morgan fingerprint density at radius 1 is 1.10 bits per heavy atom. The molecule has 0 aliphatic rings. The molecule has 0 aromatic heterocycles. The van der Waals surface area contributed by atoms with Crippen molar-refractivity contribution in [2.24, 2.45) is 5.92 Å². The smallest absolute Gasteiger partial charge is 0.0431 e. The average Bonchev–Trinajstić information content (AvgIpc) is 1.80. The number of aliphatic hydroxyl groups is 1. The van der Waals surface area contributed by atoms with Gasteiger partial charge in [0.25, 0.3) is 0 Å². The van der Waals surface area contributed by atoms with E-state index in [0.29, 0.717) is 6.61 Å². The number of rotatable bonds is 5. The van der Waals surface area contributed by atoms with Gasteiger partial charge in [-0.2, -0.15) is 0 Å². The molecule has 0 unspecified atom stereocenters. The third kappa shape index (κ3) is 11.5. The zero-order valence-electron chi connectivity index (χ0n) is 7.06. The number of hydrogen-bond donors (Lipinski definition) is 1. The van der Waals surface area contributed by atoms with Gasteiger partial charge in [0.1, 0.15) is 0 Å². The van der Waals surface area contributed by atoms with Crippen LogP contribution >= 0.6 is 0 Å². The molecule has 2 heteroatoms. The Kier molecular flexibility index (Phi) is 12.8. The van der Waals surface area contributed by atoms with E-state index in [1.807, 2.05) is 0 Å². The maximum absolute atomic E-state index is 8.43. The van der Waals surface area contributed by atoms with Gasteiger partial charge in [0.15, 0.2) is 0 Å². The molecule has 0 radical (unpaired) electrons. The minimum atomic E-state index is 0. The van der Waals surface area contributed by atoms with Crippen molar-refractivity contribution < 1.29 is 26.8 Å². The maximum atomic E-state index is 8.43. The Hall–Kier alpha value is 0.674. The Balaban J connectivity index is 0. The summed E-state index contributed by atoms with van der Waals surface area (Å²) in [4.78, 5) is 0. The van der Waals surface area contributed by atoms with E-state index >= 15 is 0 Å². The van der Waals surface area contributed by atoms with Gasteiger partial charge in [-0.15, -0.1) is 0 Å². The topological polar surface area (TPSA) is 20.2 Å². The van der Waals surface area contributed by atoms with Crippen LogP contribution in [0.15, 0.2) is 0 Å². The van der Waals surface area contributed by atoms with Crippen LogP contribution in [0.2, 0.25) is 0 Å². The van der Waals surface area contributed by atoms with Gasteiger partial charge in [0, 0.05) is 28.3 Å². The zero-order chi connectivity index (χ0) is 7.11. The van der Waals surface area contributed by atoms with Gasteiger partial charge in [-0.3, -0.25) is 0 Å². The van der Waals surface area contributed by atoms with Crippen molar-refractivity contribution in [3.05, 3.63) is 0 Å². The molecule has 0 heterocycles. The molecule has 0 aromatic rings. The van der Waals surface area contributed by atoms with Gasteiger partial charge >= 0.3 is 0 Å². The predicted molar refractivity (Wildman–Crippen MR) is 40.4 cm³/mol. The molecule has 0 bridgehead atoms. The summed E-state index contributed by atoms with van der Waals surface area (Å²) in [6, 6.07) is 0. The van der Waals surface area contributed by atoms with Crippen molar-refractivity contribution in [3.63, 3.8) is 0 Å². The van der Waals surface area contributed by atoms with Gasteiger partial charge in [0.2, 0.25) is 0 Å². The first-order valence-corrected chi connectivity index (χ1v) is 3.88. The average molecular weight is 178 g/mol. The second-order valence-corrected chi connectivity index (χ2v) is 2.97. The Bertz CT molecular complexity index is 55.2. The molecule has 0 rings (SSSR count). The molecule has 0 fully saturated rings. The first kappa shape index (κ1) is 13.3. The monoisotopic (exact) mass is 178 g/mol. The molecule has 10 heavy (non-hydrogen) atoms. The summed E-state index contributed by atoms with van der Waals surface area (Å²) in [5.74, 6) is 0.823. The zero-order valence-corrected chi connectivity index (χ0v) is 8.62. The fraction of sp³-hybridized carbons (Fsp3) is 1.00. The van der Waals surface area contributed by atoms with Crippen LogP contribution in [-0.2, 0) is 21.7 Å². The fourth-order valence-electron chi connectivity index (χ4n) is 0.841. The molecule has 1 N–H and O–H groups in total. The number of hydrogen-bond acceptors (Lipinski definition) is 1. The van der Waals surface area contributed by atoms with Crippen LogP contribution in [-0.4, -0.2) is 11.7 Å². The summed E-state index contributed by atoms with van der Waals surface area (Å²) in [6.07, 6.45) is 4.75. The normalized spacial score (nSPS) is 9.60. The standard InChI is InChI=1S/C8H18O.Ti/c1-8(2)6-4-3-5-7-9;/h8-9H,3-7H2,1-2H3;. The molecule has 0 amide bonds. The van der Waals surface area contributed by atoms with E-state index in [1.165, 1.54) is 19.3 Å². The van der Waals surface area contributed by atoms with Gasteiger partial charge in [-0.25, -0.2) is 0 Å². The van der Waals surface area contributed by atoms with Crippen molar-refractivity contribution in [3.8, 4) is 0 Å². The molecule has 0 saturated carbocycles. The SMILES string of the molecule is CC(C)CCCCCO.[Ti]. The second kappa shape index (κ2) is 9.67. The van der Waals surface area contributed by atoms with Gasteiger partial charge in [0.05, 0.1) is 0 Å². The van der Waals surface area contributed by atoms with Crippen LogP contribution in [0.25, 0.3) is 0 Å². The first-order chi connectivity index (χ1) is 4.27. The summed E-state index contributed by atoms with van der Waals surface area (Å²) in [5, 5.41) is 8.43. The molecule has 0 spiro atoms. The molecular weight excluding hydrogens is 160 g/mol. The number of unbranched alkanes of at least 4 members (excludes halogenated alkanes) is 2. The van der Waals surface area contributed by atoms with Crippen molar-refractivity contribution in [2.75, 3.05) is 6.61 Å². The Morgan fingerprint density at radius 2 is 1.70 bits per heavy atom. The van der Waals surface area contributed by atoms with E-state index in [9.17, 15) is 0 Å². The Morgan fingerprint density at radius 3 is 2.10 bits per heavy atom. The van der Waals surface area contributed by atoms with Crippen molar-refractivity contribution in [2.45, 2.75) is 39.5 Å². The number of aliphatic hydroxyl groups excluding tert-OH is 1. The molecule has 0 saturated heterocycles. The van der Waals surface area contributed by atoms with Crippen LogP contribution in [0.4, 0.5) is 0 Å². The molecule has 60 valence electrons. The minimum Gasteiger partial charge on any atom is -0.396 e. The summed E-state index contributed by atoms with van der Waals surface area (Å²) < 4.78 is 0. The minimum absolute atomic E-state index is 0. The van der Waals surface area contributed by atoms with E-state index in [4.69, 9.17) is 5.11 Å². The van der Waals surface area contributed by atoms with Crippen LogP contribution in [0.5, 0.6) is 0 Å². The second-order valence-electron chi connectivity index (χ2n) is 2.97. The third-order valence-corrected chi connectivity index (χ3v) is 1.44. The molecular formula is C8H18OTi. The van der Waals surface area contributed by atoms with Crippen LogP contribution in [0.3, 0.4) is 0 Å². The largest absolute Gasteiger partial charge is 0.396 e. The van der Waals surface area contributed by atoms with E-state index in [-0.39, 0.29) is 21.7 Å². The summed E-state index contributed by atoms with van der Waals surface area (Å²) >= 11 is 0. The van der Waals surface area contributed by atoms with Gasteiger partial charge < -0.3 is 5.11 Å². The van der Waals surface area contributed by atoms with Crippen molar-refractivity contribution in [1.82, 2.24) is 0 Å². The van der Waals surface area contributed by atoms with Crippen LogP contribution < -0.4 is 0 Å². The van der Waals surface area contributed by atoms with E-state index < -0.39 is 0 Å². The molecule has 0 aliphatic heterocycles. The summed E-state index contributed by atoms with van der Waals surface area (Å²) in [7, 11) is 0. The fourth-order valence-corrected chi connectivity index (χ4v) is 0.841. The Labute approximate surface area is 79.1 Å². The van der Waals surface area contributed by atoms with Crippen LogP contribution in [0.1, 0.15) is 39.5 Å². The first-order valence-electron chi connectivity index (χ1n) is 3.88. The van der Waals surface area contributed by atoms with E-state index in [2.05, 4.69) is 13.8 Å². The van der Waals surface area contributed by atoms with Gasteiger partial charge in [-0.05, 0) is 12.3 Å². The van der Waals surface area contributed by atoms with Crippen molar-refractivity contribution in [1.29, 1.82) is 0 Å². The van der Waals surface area contributed by atoms with E-state index in [1.54, 1.807) is 0 Å². The summed E-state index contributed by atoms with van der Waals surface area (Å²) in [6.45, 7) is 4.83. The van der Waals surface area contributed by atoms with Crippen molar-refractivity contribution >= 4 is 0 Å². The molecule has 1 nitrogen and oxygen atoms in total. The molecule has 0 aliphatic carbocycles. The quantitative estimate of drug-likeness (QED) is 0.505. The molecule has 0 aromatic carbocycles. The van der Waals surface area contributed by atoms with E-state index in [0.717, 1.165) is 12.3 Å². The predicted octanol–water partition coefficient (Wildman–Crippen LogP) is 2.19. The maximum Gasteiger partial charge on any atom is 0.0431 e. The molecule has 0 atom stereocenters. The van der Waals surface area contributed by atoms with Gasteiger partial charge in [-0.1, -0.05) is 33.1 Å².